The third kappa shape index (κ3) is 1.23. The Morgan fingerprint density at radius 3 is 1.89 bits per heavy atom. The molecule has 1 aliphatic rings. The molecule has 0 bridgehead atoms. The van der Waals surface area contributed by atoms with E-state index in [1.165, 1.54) is 0 Å². The van der Waals surface area contributed by atoms with Crippen LogP contribution in [0.3, 0.4) is 0 Å². The van der Waals surface area contributed by atoms with E-state index in [0.717, 1.165) is 17.9 Å². The Bertz CT molecular complexity index is 111. The van der Waals surface area contributed by atoms with Gasteiger partial charge < -0.3 is 0 Å². The van der Waals surface area contributed by atoms with E-state index in [9.17, 15) is 0 Å². The fraction of sp³-hybridized carbons (Fsp3) is 1.00. The summed E-state index contributed by atoms with van der Waals surface area (Å²) in [4.78, 5) is 2.31. The summed E-state index contributed by atoms with van der Waals surface area (Å²) in [7, 11) is 8.71. The van der Waals surface area contributed by atoms with Crippen LogP contribution in [0.1, 0.15) is 0 Å². The van der Waals surface area contributed by atoms with E-state index >= 15 is 0 Å². The molecule has 9 heavy (non-hydrogen) atoms. The van der Waals surface area contributed by atoms with Gasteiger partial charge in [-0.15, -0.1) is 5.01 Å². The highest BCUT2D eigenvalue weighted by atomic mass is 15.8. The van der Waals surface area contributed by atoms with Crippen molar-refractivity contribution in [2.24, 2.45) is 0 Å². The van der Waals surface area contributed by atoms with Gasteiger partial charge in [-0.05, 0) is 7.05 Å². The summed E-state index contributed by atoms with van der Waals surface area (Å²) in [5, 5.41) is 2.31. The van der Waals surface area contributed by atoms with Gasteiger partial charge in [-0.1, -0.05) is 0 Å². The zero-order valence-corrected chi connectivity index (χ0v) is 6.76. The molecule has 0 amide bonds. The molecule has 0 aromatic carbocycles. The van der Waals surface area contributed by atoms with Crippen molar-refractivity contribution in [3.05, 3.63) is 0 Å². The smallest absolute Gasteiger partial charge is 0.153 e. The second-order valence-corrected chi connectivity index (χ2v) is 3.42. The van der Waals surface area contributed by atoms with Gasteiger partial charge in [-0.2, -0.15) is 0 Å². The van der Waals surface area contributed by atoms with E-state index in [1.807, 2.05) is 0 Å². The predicted octanol–water partition coefficient (Wildman–Crippen LogP) is -0.230. The van der Waals surface area contributed by atoms with E-state index < -0.39 is 0 Å². The lowest BCUT2D eigenvalue weighted by Crippen LogP contribution is -2.47. The van der Waals surface area contributed by atoms with Crippen LogP contribution in [0.2, 0.25) is 0 Å². The molecule has 0 aliphatic carbocycles. The monoisotopic (exact) mass is 130 g/mol. The number of nitrogens with zero attached hydrogens (tertiary/aromatic N) is 3. The second kappa shape index (κ2) is 1.94. The van der Waals surface area contributed by atoms with Gasteiger partial charge in [0.1, 0.15) is 6.67 Å². The van der Waals surface area contributed by atoms with Gasteiger partial charge in [0.2, 0.25) is 0 Å². The van der Waals surface area contributed by atoms with Gasteiger partial charge in [0.15, 0.2) is 6.67 Å². The van der Waals surface area contributed by atoms with Crippen molar-refractivity contribution in [1.82, 2.24) is 9.91 Å². The first kappa shape index (κ1) is 6.99. The number of quaternary nitrogens is 1. The van der Waals surface area contributed by atoms with Crippen molar-refractivity contribution in [3.63, 3.8) is 0 Å². The largest absolute Gasteiger partial charge is 0.240 e. The molecule has 0 aromatic rings. The zero-order valence-electron chi connectivity index (χ0n) is 6.76. The summed E-state index contributed by atoms with van der Waals surface area (Å²) in [6.07, 6.45) is 0. The molecular weight excluding hydrogens is 114 g/mol. The van der Waals surface area contributed by atoms with Crippen molar-refractivity contribution in [2.75, 3.05) is 41.5 Å². The second-order valence-electron chi connectivity index (χ2n) is 3.42. The molecule has 0 unspecified atom stereocenters. The number of rotatable bonds is 0. The SMILES string of the molecule is CN1CN(C)[N+](C)(C)C1. The molecule has 1 saturated heterocycles. The number of hydrogen-bond acceptors (Lipinski definition) is 2. The molecule has 1 fully saturated rings. The lowest BCUT2D eigenvalue weighted by Gasteiger charge is -2.28. The molecule has 1 rings (SSSR count). The number of hydrogen-bond donors (Lipinski definition) is 0. The van der Waals surface area contributed by atoms with E-state index in [0.29, 0.717) is 0 Å². The van der Waals surface area contributed by atoms with Crippen LogP contribution >= 0.6 is 0 Å². The molecule has 0 saturated carbocycles. The zero-order chi connectivity index (χ0) is 7.07. The van der Waals surface area contributed by atoms with Crippen molar-refractivity contribution >= 4 is 0 Å². The van der Waals surface area contributed by atoms with Crippen molar-refractivity contribution in [1.29, 1.82) is 0 Å². The fourth-order valence-corrected chi connectivity index (χ4v) is 1.26. The first-order valence-corrected chi connectivity index (χ1v) is 3.25. The van der Waals surface area contributed by atoms with Crippen LogP contribution in [0, 0.1) is 0 Å². The van der Waals surface area contributed by atoms with Crippen LogP contribution < -0.4 is 0 Å². The molecule has 0 spiro atoms. The molecule has 1 heterocycles. The fourth-order valence-electron chi connectivity index (χ4n) is 1.26. The average Bonchev–Trinajstić information content (AvgIpc) is 1.79. The van der Waals surface area contributed by atoms with E-state index in [-0.39, 0.29) is 0 Å². The third-order valence-corrected chi connectivity index (χ3v) is 1.96. The van der Waals surface area contributed by atoms with Gasteiger partial charge in [-0.25, -0.2) is 9.49 Å². The minimum atomic E-state index is 0.983. The Balaban J connectivity index is 2.58. The molecule has 3 heteroatoms. The molecule has 0 N–H and O–H groups in total. The van der Waals surface area contributed by atoms with Gasteiger partial charge >= 0.3 is 0 Å². The summed E-state index contributed by atoms with van der Waals surface area (Å²) >= 11 is 0. The molecule has 0 atom stereocenters. The lowest BCUT2D eigenvalue weighted by atomic mass is 10.8. The highest BCUT2D eigenvalue weighted by Crippen LogP contribution is 2.11. The van der Waals surface area contributed by atoms with Gasteiger partial charge in [-0.3, -0.25) is 0 Å². The molecule has 0 aromatic heterocycles. The van der Waals surface area contributed by atoms with Crippen molar-refractivity contribution in [3.8, 4) is 0 Å². The maximum absolute atomic E-state index is 2.31. The predicted molar refractivity (Wildman–Crippen MR) is 37.4 cm³/mol. The minimum absolute atomic E-state index is 0.983. The highest BCUT2D eigenvalue weighted by molar-refractivity contribution is 4.45. The van der Waals surface area contributed by atoms with E-state index in [2.05, 4.69) is 38.1 Å². The van der Waals surface area contributed by atoms with Crippen molar-refractivity contribution in [2.45, 2.75) is 0 Å². The summed E-state index contributed by atoms with van der Waals surface area (Å²) < 4.78 is 0.983. The third-order valence-electron chi connectivity index (χ3n) is 1.96. The van der Waals surface area contributed by atoms with Crippen LogP contribution in [-0.2, 0) is 0 Å². The molecule has 54 valence electrons. The Morgan fingerprint density at radius 1 is 1.22 bits per heavy atom. The van der Waals surface area contributed by atoms with Crippen LogP contribution in [0.5, 0.6) is 0 Å². The highest BCUT2D eigenvalue weighted by Gasteiger charge is 2.31. The van der Waals surface area contributed by atoms with Gasteiger partial charge in [0, 0.05) is 7.05 Å². The molecule has 0 radical (unpaired) electrons. The topological polar surface area (TPSA) is 6.48 Å². The molecule has 3 nitrogen and oxygen atoms in total. The Morgan fingerprint density at radius 2 is 1.78 bits per heavy atom. The van der Waals surface area contributed by atoms with Crippen LogP contribution in [0.25, 0.3) is 0 Å². The molecular formula is C6H16N3+. The Kier molecular flexibility index (Phi) is 1.50. The quantitative estimate of drug-likeness (QED) is 0.418. The maximum atomic E-state index is 2.31. The summed E-state index contributed by atoms with van der Waals surface area (Å²) in [6.45, 7) is 2.20. The Hall–Kier alpha value is -0.120. The van der Waals surface area contributed by atoms with E-state index in [1.54, 1.807) is 0 Å². The lowest BCUT2D eigenvalue weighted by molar-refractivity contribution is -0.988. The maximum Gasteiger partial charge on any atom is 0.153 e. The Labute approximate surface area is 57.0 Å². The summed E-state index contributed by atoms with van der Waals surface area (Å²) in [5.41, 5.74) is 0. The summed E-state index contributed by atoms with van der Waals surface area (Å²) in [6, 6.07) is 0. The van der Waals surface area contributed by atoms with E-state index in [4.69, 9.17) is 0 Å². The minimum Gasteiger partial charge on any atom is -0.240 e. The molecule has 1 aliphatic heterocycles. The van der Waals surface area contributed by atoms with Crippen LogP contribution in [0.15, 0.2) is 0 Å². The normalized spacial score (nSPS) is 29.3. The average molecular weight is 130 g/mol. The standard InChI is InChI=1S/C6H16N3/c1-7-5-8(2)9(3,4)6-7/h5-6H2,1-4H3/q+1. The van der Waals surface area contributed by atoms with Crippen LogP contribution in [0.4, 0.5) is 0 Å². The van der Waals surface area contributed by atoms with Gasteiger partial charge in [0.05, 0.1) is 14.1 Å². The summed E-state index contributed by atoms with van der Waals surface area (Å²) in [5.74, 6) is 0. The first-order valence-electron chi connectivity index (χ1n) is 3.25. The van der Waals surface area contributed by atoms with Gasteiger partial charge in [0.25, 0.3) is 0 Å². The first-order chi connectivity index (χ1) is 4.02. The van der Waals surface area contributed by atoms with Crippen LogP contribution in [-0.4, -0.2) is 56.0 Å². The van der Waals surface area contributed by atoms with Crippen molar-refractivity contribution < 1.29 is 4.59 Å².